The molecule has 1 rings (SSSR count). The van der Waals surface area contributed by atoms with E-state index in [1.807, 2.05) is 6.92 Å². The maximum absolute atomic E-state index is 11.0. The Bertz CT molecular complexity index is 151. The van der Waals surface area contributed by atoms with Gasteiger partial charge in [-0.15, -0.1) is 0 Å². The van der Waals surface area contributed by atoms with Crippen LogP contribution in [0.4, 0.5) is 0 Å². The topological polar surface area (TPSA) is 55.1 Å². The third-order valence-corrected chi connectivity index (χ3v) is 2.46. The minimum atomic E-state index is 0.162. The van der Waals surface area contributed by atoms with Gasteiger partial charge in [0.05, 0.1) is 0 Å². The molecule has 3 nitrogen and oxygen atoms in total. The third-order valence-electron chi connectivity index (χ3n) is 2.46. The lowest BCUT2D eigenvalue weighted by Crippen LogP contribution is -2.40. The van der Waals surface area contributed by atoms with Crippen molar-refractivity contribution in [2.75, 3.05) is 0 Å². The Morgan fingerprint density at radius 1 is 1.42 bits per heavy atom. The van der Waals surface area contributed by atoms with Gasteiger partial charge in [0.25, 0.3) is 0 Å². The summed E-state index contributed by atoms with van der Waals surface area (Å²) >= 11 is 0. The molecule has 0 aromatic rings. The minimum absolute atomic E-state index is 0.162. The molecule has 0 atom stereocenters. The van der Waals surface area contributed by atoms with Crippen LogP contribution in [0.2, 0.25) is 0 Å². The summed E-state index contributed by atoms with van der Waals surface area (Å²) in [7, 11) is 0. The fraction of sp³-hybridized carbons (Fsp3) is 0.889. The van der Waals surface area contributed by atoms with Gasteiger partial charge in [-0.05, 0) is 25.7 Å². The second kappa shape index (κ2) is 4.45. The fourth-order valence-electron chi connectivity index (χ4n) is 1.59. The first-order valence-corrected chi connectivity index (χ1v) is 4.77. The summed E-state index contributed by atoms with van der Waals surface area (Å²) < 4.78 is 0. The molecule has 12 heavy (non-hydrogen) atoms. The van der Waals surface area contributed by atoms with E-state index in [4.69, 9.17) is 5.73 Å². The number of rotatable bonds is 2. The zero-order chi connectivity index (χ0) is 8.97. The van der Waals surface area contributed by atoms with Gasteiger partial charge in [-0.25, -0.2) is 0 Å². The first kappa shape index (κ1) is 9.52. The summed E-state index contributed by atoms with van der Waals surface area (Å²) in [6.07, 6.45) is 4.78. The van der Waals surface area contributed by atoms with E-state index in [2.05, 4.69) is 5.32 Å². The van der Waals surface area contributed by atoms with Gasteiger partial charge >= 0.3 is 0 Å². The number of hydrogen-bond acceptors (Lipinski definition) is 2. The third kappa shape index (κ3) is 2.81. The second-order valence-electron chi connectivity index (χ2n) is 3.53. The van der Waals surface area contributed by atoms with Gasteiger partial charge in [-0.1, -0.05) is 6.92 Å². The van der Waals surface area contributed by atoms with Crippen LogP contribution in [0.5, 0.6) is 0 Å². The van der Waals surface area contributed by atoms with E-state index in [1.165, 1.54) is 0 Å². The number of nitrogens with one attached hydrogen (secondary N) is 1. The van der Waals surface area contributed by atoms with Crippen molar-refractivity contribution >= 4 is 5.91 Å². The van der Waals surface area contributed by atoms with Crippen molar-refractivity contribution in [3.8, 4) is 0 Å². The molecule has 0 heterocycles. The molecule has 1 saturated carbocycles. The van der Waals surface area contributed by atoms with Crippen molar-refractivity contribution in [2.45, 2.75) is 51.1 Å². The van der Waals surface area contributed by atoms with E-state index in [0.717, 1.165) is 25.7 Å². The molecule has 0 saturated heterocycles. The smallest absolute Gasteiger partial charge is 0.219 e. The van der Waals surface area contributed by atoms with E-state index in [9.17, 15) is 4.79 Å². The molecule has 1 fully saturated rings. The van der Waals surface area contributed by atoms with E-state index >= 15 is 0 Å². The van der Waals surface area contributed by atoms with Crippen LogP contribution >= 0.6 is 0 Å². The van der Waals surface area contributed by atoms with Gasteiger partial charge in [-0.3, -0.25) is 4.79 Å². The van der Waals surface area contributed by atoms with Gasteiger partial charge in [-0.2, -0.15) is 0 Å². The Morgan fingerprint density at radius 2 is 2.00 bits per heavy atom. The molecule has 3 N–H and O–H groups in total. The largest absolute Gasteiger partial charge is 0.353 e. The van der Waals surface area contributed by atoms with Crippen molar-refractivity contribution in [1.29, 1.82) is 0 Å². The van der Waals surface area contributed by atoms with E-state index in [0.29, 0.717) is 18.5 Å². The van der Waals surface area contributed by atoms with E-state index in [1.54, 1.807) is 0 Å². The number of nitrogens with two attached hydrogens (primary N) is 1. The number of carbonyl (C=O) groups is 1. The van der Waals surface area contributed by atoms with Gasteiger partial charge in [0.1, 0.15) is 0 Å². The molecule has 1 aliphatic carbocycles. The number of hydrogen-bond donors (Lipinski definition) is 2. The SMILES string of the molecule is CCC(=O)N[C@H]1CC[C@H](N)CC1. The molecule has 0 aromatic carbocycles. The zero-order valence-corrected chi connectivity index (χ0v) is 7.68. The van der Waals surface area contributed by atoms with Crippen molar-refractivity contribution in [3.05, 3.63) is 0 Å². The Kier molecular flexibility index (Phi) is 3.53. The van der Waals surface area contributed by atoms with Crippen LogP contribution in [0.3, 0.4) is 0 Å². The molecular formula is C9H18N2O. The Morgan fingerprint density at radius 3 is 2.50 bits per heavy atom. The lowest BCUT2D eigenvalue weighted by Gasteiger charge is -2.26. The lowest BCUT2D eigenvalue weighted by molar-refractivity contribution is -0.121. The van der Waals surface area contributed by atoms with E-state index in [-0.39, 0.29) is 5.91 Å². The maximum Gasteiger partial charge on any atom is 0.219 e. The maximum atomic E-state index is 11.0. The molecule has 0 unspecified atom stereocenters. The molecular weight excluding hydrogens is 152 g/mol. The molecule has 0 bridgehead atoms. The number of amides is 1. The van der Waals surface area contributed by atoms with E-state index < -0.39 is 0 Å². The van der Waals surface area contributed by atoms with Crippen LogP contribution < -0.4 is 11.1 Å². The predicted molar refractivity (Wildman–Crippen MR) is 48.7 cm³/mol. The summed E-state index contributed by atoms with van der Waals surface area (Å²) in [6, 6.07) is 0.747. The van der Waals surface area contributed by atoms with Crippen LogP contribution in [0.1, 0.15) is 39.0 Å². The average Bonchev–Trinajstić information content (AvgIpc) is 2.09. The molecule has 0 radical (unpaired) electrons. The summed E-state index contributed by atoms with van der Waals surface area (Å²) in [5.41, 5.74) is 5.75. The standard InChI is InChI=1S/C9H18N2O/c1-2-9(12)11-8-5-3-7(10)4-6-8/h7-8H,2-6,10H2,1H3,(H,11,12)/t7-,8-. The van der Waals surface area contributed by atoms with Crippen LogP contribution in [-0.2, 0) is 4.79 Å². The van der Waals surface area contributed by atoms with Gasteiger partial charge in [0.2, 0.25) is 5.91 Å². The normalized spacial score (nSPS) is 29.8. The van der Waals surface area contributed by atoms with Crippen LogP contribution in [0.25, 0.3) is 0 Å². The Balaban J connectivity index is 2.21. The highest BCUT2D eigenvalue weighted by molar-refractivity contribution is 5.75. The molecule has 0 aliphatic heterocycles. The highest BCUT2D eigenvalue weighted by Crippen LogP contribution is 2.16. The molecule has 70 valence electrons. The molecule has 1 amide bonds. The van der Waals surface area contributed by atoms with Crippen molar-refractivity contribution in [3.63, 3.8) is 0 Å². The van der Waals surface area contributed by atoms with Gasteiger partial charge in [0, 0.05) is 18.5 Å². The fourth-order valence-corrected chi connectivity index (χ4v) is 1.59. The molecule has 3 heteroatoms. The zero-order valence-electron chi connectivity index (χ0n) is 7.68. The van der Waals surface area contributed by atoms with Crippen LogP contribution in [-0.4, -0.2) is 18.0 Å². The number of carbonyl (C=O) groups excluding carboxylic acids is 1. The van der Waals surface area contributed by atoms with Crippen molar-refractivity contribution in [1.82, 2.24) is 5.32 Å². The molecule has 0 aromatic heterocycles. The Hall–Kier alpha value is -0.570. The monoisotopic (exact) mass is 170 g/mol. The highest BCUT2D eigenvalue weighted by Gasteiger charge is 2.18. The molecule has 1 aliphatic rings. The summed E-state index contributed by atoms with van der Waals surface area (Å²) in [4.78, 5) is 11.0. The summed E-state index contributed by atoms with van der Waals surface area (Å²) in [5.74, 6) is 0.162. The summed E-state index contributed by atoms with van der Waals surface area (Å²) in [6.45, 7) is 1.88. The van der Waals surface area contributed by atoms with Crippen molar-refractivity contribution < 1.29 is 4.79 Å². The first-order valence-electron chi connectivity index (χ1n) is 4.77. The first-order chi connectivity index (χ1) is 5.72. The Labute approximate surface area is 73.7 Å². The van der Waals surface area contributed by atoms with Crippen molar-refractivity contribution in [2.24, 2.45) is 5.73 Å². The van der Waals surface area contributed by atoms with Crippen LogP contribution in [0, 0.1) is 0 Å². The van der Waals surface area contributed by atoms with Gasteiger partial charge in [0.15, 0.2) is 0 Å². The lowest BCUT2D eigenvalue weighted by atomic mass is 9.92. The predicted octanol–water partition coefficient (Wildman–Crippen LogP) is 0.782. The average molecular weight is 170 g/mol. The summed E-state index contributed by atoms with van der Waals surface area (Å²) in [5, 5.41) is 2.99. The second-order valence-corrected chi connectivity index (χ2v) is 3.53. The highest BCUT2D eigenvalue weighted by atomic mass is 16.1. The quantitative estimate of drug-likeness (QED) is 0.643. The van der Waals surface area contributed by atoms with Gasteiger partial charge < -0.3 is 11.1 Å². The van der Waals surface area contributed by atoms with Crippen LogP contribution in [0.15, 0.2) is 0 Å². The molecule has 0 spiro atoms. The minimum Gasteiger partial charge on any atom is -0.353 e.